The average Bonchev–Trinajstić information content (AvgIpc) is 2.61. The molecular formula is C26H50O2Si2. The Bertz CT molecular complexity index is 535. The molecular weight excluding hydrogens is 400 g/mol. The molecule has 0 aromatic carbocycles. The lowest BCUT2D eigenvalue weighted by Crippen LogP contribution is -2.56. The zero-order valence-electron chi connectivity index (χ0n) is 22.0. The lowest BCUT2D eigenvalue weighted by molar-refractivity contribution is 0.0583. The Labute approximate surface area is 191 Å². The van der Waals surface area contributed by atoms with Gasteiger partial charge in [0.15, 0.2) is 0 Å². The van der Waals surface area contributed by atoms with Gasteiger partial charge in [-0.3, -0.25) is 0 Å². The van der Waals surface area contributed by atoms with Gasteiger partial charge < -0.3 is 8.85 Å². The van der Waals surface area contributed by atoms with Crippen molar-refractivity contribution < 1.29 is 8.85 Å². The maximum Gasteiger partial charge on any atom is 0.202 e. The highest BCUT2D eigenvalue weighted by Crippen LogP contribution is 2.46. The van der Waals surface area contributed by atoms with Crippen LogP contribution in [0.2, 0.25) is 33.2 Å². The summed E-state index contributed by atoms with van der Waals surface area (Å²) < 4.78 is 14.2. The summed E-state index contributed by atoms with van der Waals surface area (Å²) in [5.74, 6) is 5.82. The molecule has 0 aliphatic heterocycles. The van der Waals surface area contributed by atoms with Crippen LogP contribution < -0.4 is 0 Å². The second-order valence-corrected chi connectivity index (χ2v) is 21.6. The fourth-order valence-corrected chi connectivity index (χ4v) is 17.1. The van der Waals surface area contributed by atoms with E-state index >= 15 is 0 Å². The standard InChI is InChI=1S/C26H50O2Si2/c1-15-17-18-26(28-30(22(9)10,23(11)12)24(13)14)25(16-2)27-29(19(3)4,20(5)6)21(7)8/h1-2,19-26H,17-18H2,3-14H3. The molecule has 0 amide bonds. The molecule has 0 aliphatic carbocycles. The summed E-state index contributed by atoms with van der Waals surface area (Å²) in [4.78, 5) is 0. The van der Waals surface area contributed by atoms with Crippen molar-refractivity contribution in [3.05, 3.63) is 0 Å². The van der Waals surface area contributed by atoms with Gasteiger partial charge >= 0.3 is 0 Å². The Hall–Kier alpha value is -0.526. The third-order valence-corrected chi connectivity index (χ3v) is 19.4. The van der Waals surface area contributed by atoms with E-state index < -0.39 is 16.6 Å². The van der Waals surface area contributed by atoms with Crippen molar-refractivity contribution in [3.8, 4) is 24.7 Å². The minimum Gasteiger partial charge on any atom is -0.409 e. The molecule has 2 atom stereocenters. The van der Waals surface area contributed by atoms with Crippen LogP contribution in [-0.4, -0.2) is 28.8 Å². The van der Waals surface area contributed by atoms with Crippen molar-refractivity contribution in [1.29, 1.82) is 0 Å². The highest BCUT2D eigenvalue weighted by molar-refractivity contribution is 6.78. The van der Waals surface area contributed by atoms with Gasteiger partial charge in [0.05, 0.1) is 6.10 Å². The Balaban J connectivity index is 6.32. The molecule has 2 nitrogen and oxygen atoms in total. The second-order valence-electron chi connectivity index (χ2n) is 10.7. The van der Waals surface area contributed by atoms with E-state index in [2.05, 4.69) is 94.9 Å². The molecule has 0 radical (unpaired) electrons. The number of hydrogen-bond donors (Lipinski definition) is 0. The molecule has 0 aromatic heterocycles. The summed E-state index contributed by atoms with van der Waals surface area (Å²) in [6, 6.07) is 0. The van der Waals surface area contributed by atoms with Gasteiger partial charge in [0.25, 0.3) is 0 Å². The normalized spacial score (nSPS) is 15.3. The van der Waals surface area contributed by atoms with E-state index in [4.69, 9.17) is 21.7 Å². The summed E-state index contributed by atoms with van der Waals surface area (Å²) in [6.45, 7) is 27.7. The molecule has 0 aromatic rings. The van der Waals surface area contributed by atoms with E-state index in [1.807, 2.05) is 0 Å². The smallest absolute Gasteiger partial charge is 0.202 e. The second kappa shape index (κ2) is 12.5. The zero-order valence-corrected chi connectivity index (χ0v) is 24.0. The molecule has 0 saturated heterocycles. The van der Waals surface area contributed by atoms with Crippen LogP contribution >= 0.6 is 0 Å². The van der Waals surface area contributed by atoms with Crippen LogP contribution in [0.3, 0.4) is 0 Å². The van der Waals surface area contributed by atoms with Crippen molar-refractivity contribution in [2.45, 2.75) is 141 Å². The summed E-state index contributed by atoms with van der Waals surface area (Å²) in [5, 5.41) is 0. The number of rotatable bonds is 13. The first-order chi connectivity index (χ1) is 13.7. The highest BCUT2D eigenvalue weighted by Gasteiger charge is 2.50. The van der Waals surface area contributed by atoms with Gasteiger partial charge in [-0.25, -0.2) is 0 Å². The molecule has 0 rings (SSSR count). The van der Waals surface area contributed by atoms with E-state index in [9.17, 15) is 0 Å². The molecule has 0 bridgehead atoms. The van der Waals surface area contributed by atoms with E-state index in [1.165, 1.54) is 0 Å². The van der Waals surface area contributed by atoms with Gasteiger partial charge in [0.2, 0.25) is 16.6 Å². The SMILES string of the molecule is C#CCCC(O[Si](C(C)C)(C(C)C)C(C)C)C(C#C)O[Si](C(C)C)(C(C)C)C(C)C. The molecule has 0 N–H and O–H groups in total. The highest BCUT2D eigenvalue weighted by atomic mass is 28.4. The van der Waals surface area contributed by atoms with Crippen LogP contribution in [0.1, 0.15) is 95.9 Å². The molecule has 174 valence electrons. The molecule has 0 saturated carbocycles. The molecule has 2 unspecified atom stereocenters. The van der Waals surface area contributed by atoms with Crippen molar-refractivity contribution >= 4 is 16.6 Å². The van der Waals surface area contributed by atoms with Gasteiger partial charge in [-0.05, 0) is 39.7 Å². The Morgan fingerprint density at radius 3 is 1.20 bits per heavy atom. The van der Waals surface area contributed by atoms with Crippen LogP contribution in [0.15, 0.2) is 0 Å². The van der Waals surface area contributed by atoms with Crippen molar-refractivity contribution in [3.63, 3.8) is 0 Å². The molecule has 30 heavy (non-hydrogen) atoms. The maximum atomic E-state index is 7.16. The molecule has 0 heterocycles. The Kier molecular flexibility index (Phi) is 12.3. The van der Waals surface area contributed by atoms with Gasteiger partial charge in [0, 0.05) is 6.42 Å². The average molecular weight is 451 g/mol. The van der Waals surface area contributed by atoms with E-state index in [1.54, 1.807) is 0 Å². The lowest BCUT2D eigenvalue weighted by atomic mass is 10.1. The lowest BCUT2D eigenvalue weighted by Gasteiger charge is -2.48. The zero-order chi connectivity index (χ0) is 23.9. The first-order valence-electron chi connectivity index (χ1n) is 12.0. The van der Waals surface area contributed by atoms with Crippen molar-refractivity contribution in [2.75, 3.05) is 0 Å². The van der Waals surface area contributed by atoms with E-state index in [0.717, 1.165) is 6.42 Å². The first kappa shape index (κ1) is 29.5. The summed E-state index contributed by atoms with van der Waals surface area (Å²) in [6.07, 6.45) is 12.7. The third kappa shape index (κ3) is 6.26. The van der Waals surface area contributed by atoms with Crippen LogP contribution in [0.25, 0.3) is 0 Å². The minimum absolute atomic E-state index is 0.145. The van der Waals surface area contributed by atoms with Gasteiger partial charge in [0.1, 0.15) is 6.10 Å². The van der Waals surface area contributed by atoms with Gasteiger partial charge in [-0.1, -0.05) is 89.0 Å². The van der Waals surface area contributed by atoms with Crippen LogP contribution in [0, 0.1) is 24.7 Å². The van der Waals surface area contributed by atoms with E-state index in [-0.39, 0.29) is 12.2 Å². The first-order valence-corrected chi connectivity index (χ1v) is 16.3. The molecule has 0 spiro atoms. The van der Waals surface area contributed by atoms with Crippen molar-refractivity contribution in [2.24, 2.45) is 0 Å². The predicted molar refractivity (Wildman–Crippen MR) is 139 cm³/mol. The summed E-state index contributed by atoms with van der Waals surface area (Å²) >= 11 is 0. The molecule has 0 aliphatic rings. The quantitative estimate of drug-likeness (QED) is 0.208. The van der Waals surface area contributed by atoms with Crippen LogP contribution in [0.5, 0.6) is 0 Å². The molecule has 0 fully saturated rings. The summed E-state index contributed by atoms with van der Waals surface area (Å²) in [5.41, 5.74) is 2.90. The summed E-state index contributed by atoms with van der Waals surface area (Å²) in [7, 11) is -4.23. The number of terminal acetylenes is 2. The monoisotopic (exact) mass is 450 g/mol. The van der Waals surface area contributed by atoms with Crippen molar-refractivity contribution in [1.82, 2.24) is 0 Å². The predicted octanol–water partition coefficient (Wildman–Crippen LogP) is 8.15. The van der Waals surface area contributed by atoms with Crippen LogP contribution in [0.4, 0.5) is 0 Å². The Morgan fingerprint density at radius 1 is 0.600 bits per heavy atom. The van der Waals surface area contributed by atoms with Gasteiger partial charge in [-0.15, -0.1) is 18.8 Å². The third-order valence-electron chi connectivity index (χ3n) is 7.18. The molecule has 4 heteroatoms. The largest absolute Gasteiger partial charge is 0.409 e. The maximum absolute atomic E-state index is 7.16. The fourth-order valence-electron chi connectivity index (χ4n) is 6.01. The minimum atomic E-state index is -2.13. The Morgan fingerprint density at radius 2 is 0.933 bits per heavy atom. The number of hydrogen-bond acceptors (Lipinski definition) is 2. The topological polar surface area (TPSA) is 18.5 Å². The van der Waals surface area contributed by atoms with E-state index in [0.29, 0.717) is 39.7 Å². The fraction of sp³-hybridized carbons (Fsp3) is 0.846. The van der Waals surface area contributed by atoms with Gasteiger partial charge in [-0.2, -0.15) is 0 Å². The van der Waals surface area contributed by atoms with Crippen LogP contribution in [-0.2, 0) is 8.85 Å².